The van der Waals surface area contributed by atoms with Gasteiger partial charge < -0.3 is 4.74 Å². The van der Waals surface area contributed by atoms with Crippen molar-refractivity contribution < 1.29 is 9.53 Å². The van der Waals surface area contributed by atoms with E-state index in [0.29, 0.717) is 17.9 Å². The molecule has 2 aromatic rings. The third-order valence-electron chi connectivity index (χ3n) is 2.10. The summed E-state index contributed by atoms with van der Waals surface area (Å²) < 4.78 is 4.93. The molecule has 0 radical (unpaired) electrons. The van der Waals surface area contributed by atoms with Gasteiger partial charge in [-0.2, -0.15) is 5.10 Å². The van der Waals surface area contributed by atoms with E-state index in [0.717, 1.165) is 5.56 Å². The highest BCUT2D eigenvalue weighted by molar-refractivity contribution is 5.95. The first-order chi connectivity index (χ1) is 7.83. The highest BCUT2D eigenvalue weighted by Crippen LogP contribution is 2.20. The molecule has 0 saturated heterocycles. The second-order valence-electron chi connectivity index (χ2n) is 3.12. The fourth-order valence-corrected chi connectivity index (χ4v) is 1.39. The zero-order chi connectivity index (χ0) is 11.4. The number of nitrogens with zero attached hydrogens (tertiary/aromatic N) is 2. The molecule has 0 fully saturated rings. The van der Waals surface area contributed by atoms with Gasteiger partial charge in [0.25, 0.3) is 0 Å². The van der Waals surface area contributed by atoms with Crippen molar-refractivity contribution in [3.8, 4) is 11.3 Å². The van der Waals surface area contributed by atoms with Crippen molar-refractivity contribution >= 4 is 5.97 Å². The predicted molar refractivity (Wildman–Crippen MR) is 57.8 cm³/mol. The largest absolute Gasteiger partial charge is 0.462 e. The van der Waals surface area contributed by atoms with E-state index < -0.39 is 0 Å². The van der Waals surface area contributed by atoms with Crippen LogP contribution in [0.25, 0.3) is 11.3 Å². The third-order valence-corrected chi connectivity index (χ3v) is 2.10. The Labute approximate surface area is 92.5 Å². The molecule has 0 aromatic carbocycles. The van der Waals surface area contributed by atoms with E-state index in [-0.39, 0.29) is 5.97 Å². The fraction of sp³-hybridized carbons (Fsp3) is 0.182. The molecule has 5 nitrogen and oxygen atoms in total. The Morgan fingerprint density at radius 3 is 2.88 bits per heavy atom. The molecule has 0 saturated carbocycles. The standard InChI is InChI=1S/C11H11N3O2/c1-2-16-11(15)9-7-13-14-10(9)8-3-5-12-6-4-8/h3-7H,2H2,1H3,(H,13,14). The Morgan fingerprint density at radius 2 is 2.19 bits per heavy atom. The van der Waals surface area contributed by atoms with Gasteiger partial charge >= 0.3 is 5.97 Å². The number of nitrogens with one attached hydrogen (secondary N) is 1. The SMILES string of the molecule is CCOC(=O)c1cn[nH]c1-c1ccncc1. The molecule has 0 spiro atoms. The second kappa shape index (κ2) is 4.57. The van der Waals surface area contributed by atoms with Crippen LogP contribution in [0.4, 0.5) is 0 Å². The summed E-state index contributed by atoms with van der Waals surface area (Å²) >= 11 is 0. The van der Waals surface area contributed by atoms with Gasteiger partial charge in [-0.15, -0.1) is 0 Å². The summed E-state index contributed by atoms with van der Waals surface area (Å²) in [6.45, 7) is 2.11. The molecular weight excluding hydrogens is 206 g/mol. The van der Waals surface area contributed by atoms with Gasteiger partial charge in [-0.05, 0) is 19.1 Å². The summed E-state index contributed by atoms with van der Waals surface area (Å²) in [5.74, 6) is -0.372. The lowest BCUT2D eigenvalue weighted by Crippen LogP contribution is -2.04. The maximum atomic E-state index is 11.6. The van der Waals surface area contributed by atoms with Gasteiger partial charge in [-0.1, -0.05) is 0 Å². The van der Waals surface area contributed by atoms with Crippen LogP contribution in [-0.4, -0.2) is 27.8 Å². The smallest absolute Gasteiger partial charge is 0.341 e. The fourth-order valence-electron chi connectivity index (χ4n) is 1.39. The van der Waals surface area contributed by atoms with E-state index in [9.17, 15) is 4.79 Å². The number of rotatable bonds is 3. The van der Waals surface area contributed by atoms with Gasteiger partial charge in [0, 0.05) is 18.0 Å². The van der Waals surface area contributed by atoms with Crippen LogP contribution in [0.2, 0.25) is 0 Å². The van der Waals surface area contributed by atoms with Crippen LogP contribution in [0, 0.1) is 0 Å². The maximum absolute atomic E-state index is 11.6. The summed E-state index contributed by atoms with van der Waals surface area (Å²) in [4.78, 5) is 15.5. The number of hydrogen-bond acceptors (Lipinski definition) is 4. The minimum atomic E-state index is -0.372. The lowest BCUT2D eigenvalue weighted by molar-refractivity contribution is 0.0527. The minimum absolute atomic E-state index is 0.347. The van der Waals surface area contributed by atoms with Crippen LogP contribution < -0.4 is 0 Å². The molecule has 5 heteroatoms. The normalized spacial score (nSPS) is 10.1. The number of pyridine rings is 1. The molecule has 0 aliphatic heterocycles. The average Bonchev–Trinajstić information content (AvgIpc) is 2.79. The second-order valence-corrected chi connectivity index (χ2v) is 3.12. The number of aromatic nitrogens is 3. The Morgan fingerprint density at radius 1 is 1.44 bits per heavy atom. The summed E-state index contributed by atoms with van der Waals surface area (Å²) in [5, 5.41) is 6.64. The van der Waals surface area contributed by atoms with Crippen LogP contribution in [0.5, 0.6) is 0 Å². The van der Waals surface area contributed by atoms with Crippen molar-refractivity contribution in [1.82, 2.24) is 15.2 Å². The van der Waals surface area contributed by atoms with Gasteiger partial charge in [0.2, 0.25) is 0 Å². The summed E-state index contributed by atoms with van der Waals surface area (Å²) in [5.41, 5.74) is 1.95. The molecule has 0 unspecified atom stereocenters. The molecule has 16 heavy (non-hydrogen) atoms. The lowest BCUT2D eigenvalue weighted by atomic mass is 10.1. The van der Waals surface area contributed by atoms with Crippen molar-refractivity contribution in [2.45, 2.75) is 6.92 Å². The van der Waals surface area contributed by atoms with Gasteiger partial charge in [0.05, 0.1) is 18.5 Å². The topological polar surface area (TPSA) is 67.9 Å². The molecule has 2 heterocycles. The van der Waals surface area contributed by atoms with Crippen molar-refractivity contribution in [3.63, 3.8) is 0 Å². The zero-order valence-corrected chi connectivity index (χ0v) is 8.80. The lowest BCUT2D eigenvalue weighted by Gasteiger charge is -2.02. The maximum Gasteiger partial charge on any atom is 0.341 e. The third kappa shape index (κ3) is 1.93. The van der Waals surface area contributed by atoms with Crippen LogP contribution in [0.1, 0.15) is 17.3 Å². The number of H-pyrrole nitrogens is 1. The van der Waals surface area contributed by atoms with Gasteiger partial charge in [0.1, 0.15) is 5.56 Å². The average molecular weight is 217 g/mol. The number of hydrogen-bond donors (Lipinski definition) is 1. The van der Waals surface area contributed by atoms with Crippen molar-refractivity contribution in [2.75, 3.05) is 6.61 Å². The van der Waals surface area contributed by atoms with Gasteiger partial charge in [0.15, 0.2) is 0 Å². The first-order valence-electron chi connectivity index (χ1n) is 4.93. The number of esters is 1. The van der Waals surface area contributed by atoms with Crippen molar-refractivity contribution in [2.24, 2.45) is 0 Å². The quantitative estimate of drug-likeness (QED) is 0.794. The van der Waals surface area contributed by atoms with Crippen LogP contribution >= 0.6 is 0 Å². The Kier molecular flexibility index (Phi) is 2.95. The van der Waals surface area contributed by atoms with E-state index in [1.165, 1.54) is 6.20 Å². The number of carbonyl (C=O) groups excluding carboxylic acids is 1. The Hall–Kier alpha value is -2.17. The van der Waals surface area contributed by atoms with Gasteiger partial charge in [-0.3, -0.25) is 10.1 Å². The number of ether oxygens (including phenoxy) is 1. The van der Waals surface area contributed by atoms with E-state index in [2.05, 4.69) is 15.2 Å². The first-order valence-corrected chi connectivity index (χ1v) is 4.93. The molecule has 1 N–H and O–H groups in total. The van der Waals surface area contributed by atoms with Crippen LogP contribution in [-0.2, 0) is 4.74 Å². The van der Waals surface area contributed by atoms with E-state index in [4.69, 9.17) is 4.74 Å². The number of aromatic amines is 1. The number of carbonyl (C=O) groups is 1. The summed E-state index contributed by atoms with van der Waals surface area (Å²) in [6, 6.07) is 3.60. The highest BCUT2D eigenvalue weighted by Gasteiger charge is 2.15. The molecule has 0 aliphatic carbocycles. The molecule has 0 atom stereocenters. The monoisotopic (exact) mass is 217 g/mol. The minimum Gasteiger partial charge on any atom is -0.462 e. The van der Waals surface area contributed by atoms with Crippen LogP contribution in [0.15, 0.2) is 30.7 Å². The van der Waals surface area contributed by atoms with Crippen molar-refractivity contribution in [3.05, 3.63) is 36.3 Å². The summed E-state index contributed by atoms with van der Waals surface area (Å²) in [7, 11) is 0. The van der Waals surface area contributed by atoms with E-state index in [1.54, 1.807) is 31.5 Å². The van der Waals surface area contributed by atoms with Crippen LogP contribution in [0.3, 0.4) is 0 Å². The summed E-state index contributed by atoms with van der Waals surface area (Å²) in [6.07, 6.45) is 4.78. The van der Waals surface area contributed by atoms with E-state index >= 15 is 0 Å². The molecule has 0 bridgehead atoms. The molecule has 0 aliphatic rings. The first kappa shape index (κ1) is 10.4. The highest BCUT2D eigenvalue weighted by atomic mass is 16.5. The van der Waals surface area contributed by atoms with Gasteiger partial charge in [-0.25, -0.2) is 4.79 Å². The molecule has 0 amide bonds. The molecule has 2 aromatic heterocycles. The predicted octanol–water partition coefficient (Wildman–Crippen LogP) is 1.65. The Bertz CT molecular complexity index is 479. The molecular formula is C11H11N3O2. The molecule has 82 valence electrons. The van der Waals surface area contributed by atoms with E-state index in [1.807, 2.05) is 0 Å². The molecule has 2 rings (SSSR count). The Balaban J connectivity index is 2.37. The zero-order valence-electron chi connectivity index (χ0n) is 8.80. The van der Waals surface area contributed by atoms with Crippen molar-refractivity contribution in [1.29, 1.82) is 0 Å².